The first-order valence-electron chi connectivity index (χ1n) is 0. The molecule has 197 valence electrons. The number of halogens is 1. The Labute approximate surface area is 356 Å². The van der Waals surface area contributed by atoms with Gasteiger partial charge in [-0.25, -0.2) is 0 Å². The van der Waals surface area contributed by atoms with Crippen LogP contribution in [0.1, 0.15) is 0 Å². The van der Waals surface area contributed by atoms with Gasteiger partial charge in [-0.15, -0.1) is 12.4 Å². The van der Waals surface area contributed by atoms with Crippen LogP contribution in [-0.4, -0.2) is 0 Å². The summed E-state index contributed by atoms with van der Waals surface area (Å²) in [5.41, 5.74) is 0. The summed E-state index contributed by atoms with van der Waals surface area (Å²) in [7, 11) is 0. The molecule has 0 unspecified atom stereocenters. The van der Waals surface area contributed by atoms with E-state index < -0.39 is 0 Å². The van der Waals surface area contributed by atoms with Crippen molar-refractivity contribution in [2.45, 2.75) is 0 Å². The molecule has 0 bridgehead atoms. The first kappa shape index (κ1) is 281. The number of rotatable bonds is 0. The van der Waals surface area contributed by atoms with E-state index in [0.29, 0.717) is 0 Å². The molecule has 0 atom stereocenters. The molecule has 0 amide bonds. The molecule has 0 rings (SSSR count). The average molecular weight is 1270 g/mol. The van der Waals surface area contributed by atoms with Crippen LogP contribution in [0.15, 0.2) is 0 Å². The third-order valence-corrected chi connectivity index (χ3v) is 0. The summed E-state index contributed by atoms with van der Waals surface area (Å²) in [6, 6.07) is 0. The van der Waals surface area contributed by atoms with Crippen LogP contribution in [0.25, 0.3) is 0 Å². The third kappa shape index (κ3) is 232. The van der Waals surface area contributed by atoms with E-state index in [1.54, 1.807) is 0 Å². The first-order chi connectivity index (χ1) is 0. The molecule has 0 aliphatic rings. The summed E-state index contributed by atoms with van der Waals surface area (Å²) < 4.78 is 0. The van der Waals surface area contributed by atoms with Gasteiger partial charge in [0.05, 0.1) is 0 Å². The van der Waals surface area contributed by atoms with Gasteiger partial charge in [-0.2, -0.15) is 0 Å². The minimum Gasteiger partial charge on any atom is -0.147 e. The first-order valence-corrected chi connectivity index (χ1v) is 0. The maximum absolute atomic E-state index is 0. The summed E-state index contributed by atoms with van der Waals surface area (Å²) >= 11 is 0. The Morgan fingerprint density at radius 2 is 0.0909 bits per heavy atom. The summed E-state index contributed by atoms with van der Waals surface area (Å²) in [5.74, 6) is 0. The molecule has 0 nitrogen and oxygen atoms in total. The molecular weight excluding hydrogens is 1270 g/mol. The van der Waals surface area contributed by atoms with Crippen LogP contribution in [0.5, 0.6) is 0 Å². The molecule has 22 heteroatoms. The van der Waals surface area contributed by atoms with Gasteiger partial charge in [-0.3, -0.25) is 0 Å². The number of hydrogen-bond acceptors (Lipinski definition) is 0. The van der Waals surface area contributed by atoms with Gasteiger partial charge in [0.1, 0.15) is 0 Å². The van der Waals surface area contributed by atoms with Crippen molar-refractivity contribution in [3.63, 3.8) is 0 Å². The third-order valence-electron chi connectivity index (χ3n) is 0. The van der Waals surface area contributed by atoms with E-state index in [0.717, 1.165) is 0 Å². The summed E-state index contributed by atoms with van der Waals surface area (Å²) in [5, 5.41) is 0. The zero-order valence-corrected chi connectivity index (χ0v) is 30.1. The van der Waals surface area contributed by atoms with E-state index in [2.05, 4.69) is 0 Å². The van der Waals surface area contributed by atoms with E-state index >= 15 is 0 Å². The van der Waals surface area contributed by atoms with E-state index in [1.807, 2.05) is 0 Å². The molecule has 22 heavy (non-hydrogen) atoms. The fourth-order valence-electron chi connectivity index (χ4n) is 0. The van der Waals surface area contributed by atoms with Gasteiger partial charge in [-0.05, 0) is 0 Å². The summed E-state index contributed by atoms with van der Waals surface area (Å²) in [6.45, 7) is 0. The van der Waals surface area contributed by atoms with Crippen LogP contribution in [0.4, 0.5) is 0 Å². The Bertz CT molecular complexity index is 5.87. The maximum atomic E-state index is 0. The molecule has 0 spiro atoms. The molecule has 0 fully saturated rings. The Morgan fingerprint density at radius 3 is 0.0909 bits per heavy atom. The molecule has 0 aromatic rings. The molecular formula is HClCo21. The molecule has 0 aliphatic heterocycles. The zero-order chi connectivity index (χ0) is 0. The van der Waals surface area contributed by atoms with Crippen molar-refractivity contribution in [2.75, 3.05) is 0 Å². The van der Waals surface area contributed by atoms with Gasteiger partial charge in [0.25, 0.3) is 0 Å². The predicted octanol–water partition coefficient (Wildman–Crippen LogP) is 0.369. The minimum atomic E-state index is 0. The van der Waals surface area contributed by atoms with Crippen molar-refractivity contribution in [3.05, 3.63) is 0 Å². The molecule has 0 saturated carbocycles. The van der Waals surface area contributed by atoms with Gasteiger partial charge >= 0.3 is 0 Å². The topological polar surface area (TPSA) is 0 Å². The van der Waals surface area contributed by atoms with Gasteiger partial charge in [0.2, 0.25) is 0 Å². The van der Waals surface area contributed by atoms with Crippen LogP contribution in [-0.2, 0) is 352 Å². The monoisotopic (exact) mass is 1270 g/mol. The smallest absolute Gasteiger partial charge is 0 e. The average Bonchev–Trinajstić information content (AvgIpc) is 0. The zero-order valence-electron chi connectivity index (χ0n) is 7.41. The van der Waals surface area contributed by atoms with Crippen molar-refractivity contribution < 1.29 is 352 Å². The van der Waals surface area contributed by atoms with Crippen LogP contribution < -0.4 is 0 Å². The van der Waals surface area contributed by atoms with E-state index in [9.17, 15) is 0 Å². The number of hydrogen-bond donors (Lipinski definition) is 0. The minimum absolute atomic E-state index is 0. The Hall–Kier alpha value is 10.9. The molecule has 0 aromatic carbocycles. The second-order valence-electron chi connectivity index (χ2n) is 0. The van der Waals surface area contributed by atoms with Crippen molar-refractivity contribution in [2.24, 2.45) is 0 Å². The van der Waals surface area contributed by atoms with Crippen LogP contribution in [0, 0.1) is 0 Å². The molecule has 0 heterocycles. The summed E-state index contributed by atoms with van der Waals surface area (Å²) in [4.78, 5) is 0. The summed E-state index contributed by atoms with van der Waals surface area (Å²) in [6.07, 6.45) is 0. The predicted molar refractivity (Wildman–Crippen MR) is 7.25 cm³/mol. The molecule has 21 radical (unpaired) electrons. The fourth-order valence-corrected chi connectivity index (χ4v) is 0. The van der Waals surface area contributed by atoms with Gasteiger partial charge in [0.15, 0.2) is 0 Å². The normalized spacial score (nSPS) is 0. The van der Waals surface area contributed by atoms with Crippen LogP contribution in [0.3, 0.4) is 0 Å². The van der Waals surface area contributed by atoms with Crippen molar-refractivity contribution in [1.82, 2.24) is 0 Å². The Kier molecular flexibility index (Phi) is 3270. The Balaban J connectivity index is 0. The quantitative estimate of drug-likeness (QED) is 0.330. The SMILES string of the molecule is Cl.[Co].[Co].[Co].[Co].[Co].[Co].[Co].[Co].[Co].[Co].[Co].[Co].[Co].[Co].[Co].[Co].[Co].[Co].[Co].[Co].[Co]. The fraction of sp³-hybridized carbons (Fsp3) is 0. The van der Waals surface area contributed by atoms with E-state index in [1.165, 1.54) is 0 Å². The maximum Gasteiger partial charge on any atom is 0 e. The molecule has 0 N–H and O–H groups in total. The van der Waals surface area contributed by atoms with Crippen molar-refractivity contribution in [3.8, 4) is 0 Å². The second-order valence-corrected chi connectivity index (χ2v) is 0. The van der Waals surface area contributed by atoms with Crippen molar-refractivity contribution in [1.29, 1.82) is 0 Å². The van der Waals surface area contributed by atoms with E-state index in [4.69, 9.17) is 0 Å². The van der Waals surface area contributed by atoms with Gasteiger partial charge in [0, 0.05) is 352 Å². The van der Waals surface area contributed by atoms with Gasteiger partial charge < -0.3 is 0 Å². The van der Waals surface area contributed by atoms with Crippen LogP contribution >= 0.6 is 12.4 Å². The van der Waals surface area contributed by atoms with Gasteiger partial charge in [-0.1, -0.05) is 0 Å². The Morgan fingerprint density at radius 1 is 0.0909 bits per heavy atom. The standard InChI is InChI=1S/ClH.21Co/h1H;;;;;;;;;;;;;;;;;;;;;. The molecule has 0 saturated heterocycles. The van der Waals surface area contributed by atoms with E-state index in [-0.39, 0.29) is 365 Å². The molecule has 0 aromatic heterocycles. The largest absolute Gasteiger partial charge is 0.147 e. The van der Waals surface area contributed by atoms with Crippen LogP contribution in [0.2, 0.25) is 0 Å². The van der Waals surface area contributed by atoms with Crippen molar-refractivity contribution >= 4 is 12.4 Å². The second kappa shape index (κ2) is 256. The molecule has 0 aliphatic carbocycles.